The van der Waals surface area contributed by atoms with Gasteiger partial charge in [-0.1, -0.05) is 0 Å². The Kier molecular flexibility index (Phi) is 2.73. The molecule has 1 aliphatic carbocycles. The molecule has 0 amide bonds. The van der Waals surface area contributed by atoms with Crippen molar-refractivity contribution in [2.75, 3.05) is 0 Å². The van der Waals surface area contributed by atoms with Gasteiger partial charge in [0.05, 0.1) is 18.6 Å². The number of imidazole rings is 1. The van der Waals surface area contributed by atoms with Crippen LogP contribution in [0.2, 0.25) is 0 Å². The van der Waals surface area contributed by atoms with E-state index in [-0.39, 0.29) is 0 Å². The molecule has 1 saturated carbocycles. The fourth-order valence-corrected chi connectivity index (χ4v) is 2.04. The van der Waals surface area contributed by atoms with Gasteiger partial charge in [-0.15, -0.1) is 0 Å². The minimum atomic E-state index is 0.695. The summed E-state index contributed by atoms with van der Waals surface area (Å²) in [7, 11) is 0. The molecule has 1 fully saturated rings. The Balaban J connectivity index is 1.55. The second kappa shape index (κ2) is 4.37. The summed E-state index contributed by atoms with van der Waals surface area (Å²) in [4.78, 5) is 4.21. The maximum atomic E-state index is 5.51. The molecule has 2 aromatic rings. The highest BCUT2D eigenvalue weighted by Gasteiger charge is 2.24. The quantitative estimate of drug-likeness (QED) is 0.859. The van der Waals surface area contributed by atoms with Crippen LogP contribution in [0.3, 0.4) is 0 Å². The van der Waals surface area contributed by atoms with Crippen molar-refractivity contribution in [3.8, 4) is 0 Å². The van der Waals surface area contributed by atoms with E-state index in [9.17, 15) is 0 Å². The van der Waals surface area contributed by atoms with Gasteiger partial charge in [-0.05, 0) is 31.9 Å². The van der Waals surface area contributed by atoms with Crippen LogP contribution in [0.1, 0.15) is 36.1 Å². The topological polar surface area (TPSA) is 43.0 Å². The van der Waals surface area contributed by atoms with Crippen molar-refractivity contribution in [1.82, 2.24) is 14.9 Å². The highest BCUT2D eigenvalue weighted by atomic mass is 16.3. The zero-order valence-electron chi connectivity index (χ0n) is 10.0. The van der Waals surface area contributed by atoms with Gasteiger partial charge in [0.25, 0.3) is 0 Å². The molecule has 0 radical (unpaired) electrons. The van der Waals surface area contributed by atoms with E-state index in [1.165, 1.54) is 18.5 Å². The van der Waals surface area contributed by atoms with Crippen molar-refractivity contribution in [3.63, 3.8) is 0 Å². The van der Waals surface area contributed by atoms with Crippen molar-refractivity contribution in [2.45, 2.75) is 38.9 Å². The number of aryl methyl sites for hydroxylation is 1. The summed E-state index contributed by atoms with van der Waals surface area (Å²) in [5.74, 6) is 1.95. The van der Waals surface area contributed by atoms with Gasteiger partial charge >= 0.3 is 0 Å². The summed E-state index contributed by atoms with van der Waals surface area (Å²) >= 11 is 0. The number of hydrogen-bond acceptors (Lipinski definition) is 3. The Labute approximate surface area is 101 Å². The molecule has 1 N–H and O–H groups in total. The molecule has 0 unspecified atom stereocenters. The van der Waals surface area contributed by atoms with Crippen molar-refractivity contribution in [2.24, 2.45) is 0 Å². The molecule has 2 heterocycles. The van der Waals surface area contributed by atoms with Crippen LogP contribution in [0.15, 0.2) is 29.1 Å². The summed E-state index contributed by atoms with van der Waals surface area (Å²) in [5.41, 5.74) is 1.26. The molecule has 4 nitrogen and oxygen atoms in total. The van der Waals surface area contributed by atoms with E-state index < -0.39 is 0 Å². The summed E-state index contributed by atoms with van der Waals surface area (Å²) in [6.45, 7) is 3.58. The lowest BCUT2D eigenvalue weighted by atomic mass is 10.4. The second-order valence-electron chi connectivity index (χ2n) is 4.64. The van der Waals surface area contributed by atoms with E-state index in [2.05, 4.69) is 14.9 Å². The lowest BCUT2D eigenvalue weighted by Gasteiger charge is -2.06. The third-order valence-corrected chi connectivity index (χ3v) is 3.09. The Bertz CT molecular complexity index is 496. The smallest absolute Gasteiger partial charge is 0.117 e. The van der Waals surface area contributed by atoms with Gasteiger partial charge in [0, 0.05) is 18.8 Å². The van der Waals surface area contributed by atoms with Crippen LogP contribution < -0.4 is 5.32 Å². The van der Waals surface area contributed by atoms with Crippen LogP contribution in [0.4, 0.5) is 0 Å². The number of furan rings is 1. The first-order valence-corrected chi connectivity index (χ1v) is 6.09. The zero-order valence-corrected chi connectivity index (χ0v) is 10.0. The molecular formula is C13H17N3O. The van der Waals surface area contributed by atoms with E-state index in [1.54, 1.807) is 0 Å². The van der Waals surface area contributed by atoms with Crippen LogP contribution in [0.25, 0.3) is 0 Å². The molecule has 0 aromatic carbocycles. The first-order chi connectivity index (χ1) is 8.33. The van der Waals surface area contributed by atoms with Crippen molar-refractivity contribution < 1.29 is 4.42 Å². The number of nitrogens with one attached hydrogen (secondary N) is 1. The average molecular weight is 231 g/mol. The van der Waals surface area contributed by atoms with Gasteiger partial charge in [-0.3, -0.25) is 0 Å². The second-order valence-corrected chi connectivity index (χ2v) is 4.64. The monoisotopic (exact) mass is 231 g/mol. The average Bonchev–Trinajstić information content (AvgIpc) is 2.92. The van der Waals surface area contributed by atoms with Gasteiger partial charge in [-0.25, -0.2) is 4.98 Å². The van der Waals surface area contributed by atoms with Crippen molar-refractivity contribution >= 4 is 0 Å². The highest BCUT2D eigenvalue weighted by Crippen LogP contribution is 2.35. The minimum absolute atomic E-state index is 0.695. The van der Waals surface area contributed by atoms with E-state index in [0.717, 1.165) is 24.6 Å². The third kappa shape index (κ3) is 2.42. The van der Waals surface area contributed by atoms with Gasteiger partial charge in [-0.2, -0.15) is 0 Å². The van der Waals surface area contributed by atoms with Crippen LogP contribution in [-0.2, 0) is 13.1 Å². The molecule has 0 aliphatic heterocycles. The van der Waals surface area contributed by atoms with E-state index in [1.807, 2.05) is 31.6 Å². The third-order valence-electron chi connectivity index (χ3n) is 3.09. The van der Waals surface area contributed by atoms with Gasteiger partial charge in [0.2, 0.25) is 0 Å². The summed E-state index contributed by atoms with van der Waals surface area (Å²) < 4.78 is 7.79. The van der Waals surface area contributed by atoms with Crippen molar-refractivity contribution in [1.29, 1.82) is 0 Å². The minimum Gasteiger partial charge on any atom is -0.465 e. The molecule has 0 bridgehead atoms. The number of nitrogens with zero attached hydrogens (tertiary/aromatic N) is 2. The fraction of sp³-hybridized carbons (Fsp3) is 0.462. The maximum Gasteiger partial charge on any atom is 0.117 e. The molecule has 90 valence electrons. The first kappa shape index (κ1) is 10.6. The van der Waals surface area contributed by atoms with E-state index in [0.29, 0.717) is 6.04 Å². The zero-order chi connectivity index (χ0) is 11.7. The standard InChI is InChI=1S/C13H17N3O/c1-10-2-5-13(17-10)8-14-6-12-7-15-9-16(12)11-3-4-11/h2,5,7,9,11,14H,3-4,6,8H2,1H3. The molecule has 4 heteroatoms. The Morgan fingerprint density at radius 3 is 3.00 bits per heavy atom. The highest BCUT2D eigenvalue weighted by molar-refractivity contribution is 5.06. The SMILES string of the molecule is Cc1ccc(CNCc2cncn2C2CC2)o1. The lowest BCUT2D eigenvalue weighted by molar-refractivity contribution is 0.459. The molecular weight excluding hydrogens is 214 g/mol. The van der Waals surface area contributed by atoms with Gasteiger partial charge in [0.15, 0.2) is 0 Å². The number of aromatic nitrogens is 2. The predicted molar refractivity (Wildman–Crippen MR) is 64.5 cm³/mol. The van der Waals surface area contributed by atoms with Crippen molar-refractivity contribution in [3.05, 3.63) is 41.9 Å². The maximum absolute atomic E-state index is 5.51. The molecule has 0 saturated heterocycles. The summed E-state index contributed by atoms with van der Waals surface area (Å²) in [6.07, 6.45) is 6.46. The molecule has 0 atom stereocenters. The van der Waals surface area contributed by atoms with Gasteiger partial charge in [0.1, 0.15) is 11.5 Å². The lowest BCUT2D eigenvalue weighted by Crippen LogP contribution is -2.15. The molecule has 1 aliphatic rings. The number of hydrogen-bond donors (Lipinski definition) is 1. The van der Waals surface area contributed by atoms with Crippen LogP contribution in [0, 0.1) is 6.92 Å². The van der Waals surface area contributed by atoms with Crippen LogP contribution in [-0.4, -0.2) is 9.55 Å². The van der Waals surface area contributed by atoms with Crippen LogP contribution in [0.5, 0.6) is 0 Å². The van der Waals surface area contributed by atoms with E-state index >= 15 is 0 Å². The summed E-state index contributed by atoms with van der Waals surface area (Å²) in [6, 6.07) is 4.70. The van der Waals surface area contributed by atoms with Gasteiger partial charge < -0.3 is 14.3 Å². The number of rotatable bonds is 5. The fourth-order valence-electron chi connectivity index (χ4n) is 2.04. The van der Waals surface area contributed by atoms with Crippen LogP contribution >= 0.6 is 0 Å². The Hall–Kier alpha value is -1.55. The molecule has 0 spiro atoms. The Morgan fingerprint density at radius 1 is 1.41 bits per heavy atom. The normalized spacial score (nSPS) is 15.4. The predicted octanol–water partition coefficient (Wildman–Crippen LogP) is 2.41. The molecule has 17 heavy (non-hydrogen) atoms. The summed E-state index contributed by atoms with van der Waals surface area (Å²) in [5, 5.41) is 3.39. The first-order valence-electron chi connectivity index (χ1n) is 6.09. The van der Waals surface area contributed by atoms with E-state index in [4.69, 9.17) is 4.42 Å². The largest absolute Gasteiger partial charge is 0.465 e. The Morgan fingerprint density at radius 2 is 2.29 bits per heavy atom. The molecule has 2 aromatic heterocycles. The molecule has 3 rings (SSSR count).